The molecule has 0 fully saturated rings. The van der Waals surface area contributed by atoms with E-state index in [2.05, 4.69) is 15.8 Å². The van der Waals surface area contributed by atoms with Crippen LogP contribution in [0.5, 0.6) is 0 Å². The molecular weight excluding hydrogens is 351 g/mol. The van der Waals surface area contributed by atoms with Gasteiger partial charge in [-0.1, -0.05) is 23.2 Å². The maximum atomic E-state index is 10.5. The van der Waals surface area contributed by atoms with Crippen LogP contribution in [0.3, 0.4) is 0 Å². The third-order valence-corrected chi connectivity index (χ3v) is 3.07. The predicted octanol–water partition coefficient (Wildman–Crippen LogP) is 3.82. The van der Waals surface area contributed by atoms with E-state index in [4.69, 9.17) is 39.8 Å². The second-order valence-electron chi connectivity index (χ2n) is 3.88. The highest BCUT2D eigenvalue weighted by atomic mass is 35.5. The monoisotopic (exact) mass is 358 g/mol. The van der Waals surface area contributed by atoms with Crippen LogP contribution in [0.15, 0.2) is 39.9 Å². The quantitative estimate of drug-likeness (QED) is 0.373. The summed E-state index contributed by atoms with van der Waals surface area (Å²) in [6, 6.07) is 7.53. The molecule has 0 amide bonds. The van der Waals surface area contributed by atoms with Crippen molar-refractivity contribution < 1.29 is 9.34 Å². The Hall–Kier alpha value is -2.16. The van der Waals surface area contributed by atoms with Crippen LogP contribution in [0.25, 0.3) is 0 Å². The summed E-state index contributed by atoms with van der Waals surface area (Å²) in [6.45, 7) is 0. The van der Waals surface area contributed by atoms with E-state index in [0.717, 1.165) is 0 Å². The van der Waals surface area contributed by atoms with Crippen molar-refractivity contribution in [2.24, 2.45) is 5.10 Å². The summed E-state index contributed by atoms with van der Waals surface area (Å²) < 4.78 is 4.89. The van der Waals surface area contributed by atoms with Gasteiger partial charge in [0.1, 0.15) is 4.92 Å². The first-order chi connectivity index (χ1) is 10.5. The largest absolute Gasteiger partial charge is 0.433 e. The number of anilines is 1. The van der Waals surface area contributed by atoms with E-state index in [1.165, 1.54) is 18.3 Å². The maximum Gasteiger partial charge on any atom is 0.433 e. The van der Waals surface area contributed by atoms with Gasteiger partial charge in [-0.05, 0) is 36.5 Å². The van der Waals surface area contributed by atoms with Gasteiger partial charge in [0.2, 0.25) is 0 Å². The number of hydrazone groups is 1. The lowest BCUT2D eigenvalue weighted by atomic mass is 10.3. The zero-order valence-electron chi connectivity index (χ0n) is 10.7. The molecule has 0 spiro atoms. The Labute approximate surface area is 140 Å². The molecule has 0 unspecified atom stereocenters. The fraction of sp³-hybridized carbons (Fsp3) is 0. The highest BCUT2D eigenvalue weighted by molar-refractivity contribution is 7.80. The van der Waals surface area contributed by atoms with Gasteiger partial charge < -0.3 is 9.73 Å². The molecule has 114 valence electrons. The standard InChI is InChI=1S/C12H8Cl2N4O3S/c13-7-1-3-10(9(14)5-7)16-12(22)17-15-6-8-2-4-11(21-8)18(19)20/h1-6H,(H2,16,17,22)/b15-6+. The Morgan fingerprint density at radius 2 is 2.14 bits per heavy atom. The number of thiocarbonyl (C=S) groups is 1. The molecule has 0 saturated heterocycles. The van der Waals surface area contributed by atoms with Gasteiger partial charge in [0.15, 0.2) is 10.9 Å². The lowest BCUT2D eigenvalue weighted by Crippen LogP contribution is -2.23. The van der Waals surface area contributed by atoms with Gasteiger partial charge in [-0.2, -0.15) is 5.10 Å². The second-order valence-corrected chi connectivity index (χ2v) is 5.13. The summed E-state index contributed by atoms with van der Waals surface area (Å²) in [6.07, 6.45) is 1.25. The van der Waals surface area contributed by atoms with Crippen molar-refractivity contribution in [3.63, 3.8) is 0 Å². The predicted molar refractivity (Wildman–Crippen MR) is 88.8 cm³/mol. The van der Waals surface area contributed by atoms with Crippen LogP contribution in [0.2, 0.25) is 10.0 Å². The first kappa shape index (κ1) is 16.2. The van der Waals surface area contributed by atoms with Crippen molar-refractivity contribution >= 4 is 58.3 Å². The topological polar surface area (TPSA) is 92.7 Å². The summed E-state index contributed by atoms with van der Waals surface area (Å²) in [5, 5.41) is 18.2. The number of halogens is 2. The summed E-state index contributed by atoms with van der Waals surface area (Å²) >= 11 is 16.8. The van der Waals surface area contributed by atoms with E-state index < -0.39 is 4.92 Å². The van der Waals surface area contributed by atoms with Crippen LogP contribution in [-0.4, -0.2) is 16.3 Å². The van der Waals surface area contributed by atoms with Gasteiger partial charge in [0.05, 0.1) is 23.0 Å². The molecule has 10 heteroatoms. The number of hydrogen-bond donors (Lipinski definition) is 2. The number of hydrogen-bond acceptors (Lipinski definition) is 5. The molecule has 1 aromatic carbocycles. The molecular formula is C12H8Cl2N4O3S. The van der Waals surface area contributed by atoms with E-state index in [9.17, 15) is 10.1 Å². The molecule has 0 aliphatic rings. The van der Waals surface area contributed by atoms with Crippen LogP contribution in [0.1, 0.15) is 5.76 Å². The van der Waals surface area contributed by atoms with E-state index in [1.807, 2.05) is 0 Å². The molecule has 0 saturated carbocycles. The summed E-state index contributed by atoms with van der Waals surface area (Å²) in [5.41, 5.74) is 3.09. The molecule has 22 heavy (non-hydrogen) atoms. The second kappa shape index (κ2) is 7.21. The minimum absolute atomic E-state index is 0.182. The smallest absolute Gasteiger partial charge is 0.400 e. The van der Waals surface area contributed by atoms with Gasteiger partial charge in [0.25, 0.3) is 0 Å². The Morgan fingerprint density at radius 3 is 2.77 bits per heavy atom. The number of furan rings is 1. The van der Waals surface area contributed by atoms with Crippen molar-refractivity contribution in [3.8, 4) is 0 Å². The van der Waals surface area contributed by atoms with Crippen LogP contribution in [-0.2, 0) is 0 Å². The van der Waals surface area contributed by atoms with E-state index >= 15 is 0 Å². The zero-order valence-corrected chi connectivity index (χ0v) is 13.1. The minimum Gasteiger partial charge on any atom is -0.400 e. The van der Waals surface area contributed by atoms with Crippen LogP contribution < -0.4 is 10.7 Å². The highest BCUT2D eigenvalue weighted by Crippen LogP contribution is 2.25. The van der Waals surface area contributed by atoms with Gasteiger partial charge in [-0.15, -0.1) is 0 Å². The first-order valence-electron chi connectivity index (χ1n) is 5.75. The number of nitro groups is 1. The Kier molecular flexibility index (Phi) is 5.31. The van der Waals surface area contributed by atoms with E-state index in [1.54, 1.807) is 18.2 Å². The van der Waals surface area contributed by atoms with Crippen molar-refractivity contribution in [2.75, 3.05) is 5.32 Å². The number of benzene rings is 1. The fourth-order valence-electron chi connectivity index (χ4n) is 1.41. The summed E-state index contributed by atoms with van der Waals surface area (Å²) in [4.78, 5) is 9.81. The van der Waals surface area contributed by atoms with Crippen LogP contribution in [0, 0.1) is 10.1 Å². The molecule has 0 bridgehead atoms. The Bertz CT molecular complexity index is 748. The molecule has 0 radical (unpaired) electrons. The summed E-state index contributed by atoms with van der Waals surface area (Å²) in [7, 11) is 0. The van der Waals surface area contributed by atoms with E-state index in [-0.39, 0.29) is 16.8 Å². The molecule has 2 N–H and O–H groups in total. The van der Waals surface area contributed by atoms with Crippen molar-refractivity contribution in [3.05, 3.63) is 56.3 Å². The van der Waals surface area contributed by atoms with Gasteiger partial charge in [-0.3, -0.25) is 15.5 Å². The number of nitrogens with one attached hydrogen (secondary N) is 2. The van der Waals surface area contributed by atoms with Crippen molar-refractivity contribution in [1.82, 2.24) is 5.43 Å². The fourth-order valence-corrected chi connectivity index (χ4v) is 2.02. The molecule has 1 aromatic heterocycles. The maximum absolute atomic E-state index is 10.5. The van der Waals surface area contributed by atoms with Crippen molar-refractivity contribution in [2.45, 2.75) is 0 Å². The van der Waals surface area contributed by atoms with Gasteiger partial charge in [0, 0.05) is 5.02 Å². The third-order valence-electron chi connectivity index (χ3n) is 2.33. The molecule has 0 aliphatic heterocycles. The molecule has 2 rings (SSSR count). The number of rotatable bonds is 4. The normalized spacial score (nSPS) is 10.6. The lowest BCUT2D eigenvalue weighted by molar-refractivity contribution is -0.402. The Morgan fingerprint density at radius 1 is 1.36 bits per heavy atom. The number of nitrogens with zero attached hydrogens (tertiary/aromatic N) is 2. The third kappa shape index (κ3) is 4.42. The van der Waals surface area contributed by atoms with Crippen molar-refractivity contribution in [1.29, 1.82) is 0 Å². The molecule has 2 aromatic rings. The minimum atomic E-state index is -0.639. The average Bonchev–Trinajstić information content (AvgIpc) is 2.91. The summed E-state index contributed by atoms with van der Waals surface area (Å²) in [5.74, 6) is -0.151. The molecule has 0 atom stereocenters. The average molecular weight is 359 g/mol. The SMILES string of the molecule is O=[N+]([O-])c1ccc(/C=N/NC(=S)Nc2ccc(Cl)cc2Cl)o1. The van der Waals surface area contributed by atoms with Gasteiger partial charge in [-0.25, -0.2) is 0 Å². The van der Waals surface area contributed by atoms with Crippen LogP contribution >= 0.6 is 35.4 Å². The zero-order chi connectivity index (χ0) is 16.1. The molecule has 0 aliphatic carbocycles. The van der Waals surface area contributed by atoms with E-state index in [0.29, 0.717) is 15.7 Å². The van der Waals surface area contributed by atoms with Gasteiger partial charge >= 0.3 is 5.88 Å². The first-order valence-corrected chi connectivity index (χ1v) is 6.91. The van der Waals surface area contributed by atoms with Crippen LogP contribution in [0.4, 0.5) is 11.6 Å². The Balaban J connectivity index is 1.91. The lowest BCUT2D eigenvalue weighted by Gasteiger charge is -2.08. The molecule has 7 nitrogen and oxygen atoms in total. The highest BCUT2D eigenvalue weighted by Gasteiger charge is 2.10. The molecule has 1 heterocycles.